The van der Waals surface area contributed by atoms with Crippen molar-refractivity contribution in [1.82, 2.24) is 0 Å². The average molecular weight is 457 g/mol. The number of ether oxygens (including phenoxy) is 1. The van der Waals surface area contributed by atoms with Gasteiger partial charge in [-0.3, -0.25) is 9.59 Å². The third kappa shape index (κ3) is 22.1. The molecule has 0 radical (unpaired) electrons. The quantitative estimate of drug-likeness (QED) is 0.108. The number of hydrogen-bond acceptors (Lipinski definition) is 3. The van der Waals surface area contributed by atoms with E-state index < -0.39 is 12.1 Å². The van der Waals surface area contributed by atoms with E-state index in [9.17, 15) is 9.59 Å². The maximum Gasteiger partial charge on any atom is 0.307 e. The number of carboxylic acid groups (broad SMARTS) is 1. The molecule has 0 aromatic heterocycles. The number of unbranched alkanes of at least 4 members (excludes halogenated alkanes) is 11. The van der Waals surface area contributed by atoms with E-state index in [2.05, 4.69) is 13.8 Å². The third-order valence-electron chi connectivity index (χ3n) is 6.08. The van der Waals surface area contributed by atoms with Crippen LogP contribution in [0.4, 0.5) is 0 Å². The zero-order valence-electron chi connectivity index (χ0n) is 22.0. The van der Waals surface area contributed by atoms with Gasteiger partial charge in [0.25, 0.3) is 0 Å². The van der Waals surface area contributed by atoms with Crippen LogP contribution in [-0.2, 0) is 14.3 Å². The molecule has 1 N–H and O–H groups in total. The van der Waals surface area contributed by atoms with Crippen molar-refractivity contribution >= 4 is 11.9 Å². The Balaban J connectivity index is 3.65. The summed E-state index contributed by atoms with van der Waals surface area (Å²) in [6, 6.07) is 0. The Hall–Kier alpha value is -1.10. The molecule has 0 aliphatic heterocycles. The molecule has 0 spiro atoms. The molecule has 0 aliphatic carbocycles. The summed E-state index contributed by atoms with van der Waals surface area (Å²) in [5.41, 5.74) is 0. The van der Waals surface area contributed by atoms with Crippen LogP contribution in [0.2, 0.25) is 0 Å². The number of rotatable bonds is 22. The number of aliphatic carboxylic acids is 1. The average Bonchev–Trinajstić information content (AvgIpc) is 2.67. The standard InChI is InChI=1S/C27H53NO4/c1-6-7-8-9-10-13-16-19-24(2)20-17-14-11-12-15-18-21-27(31)32-25(22-26(29)30)23-28(3,4)5/h24-25H,6-23H2,1-5H3/p+1. The molecule has 0 saturated carbocycles. The van der Waals surface area contributed by atoms with E-state index in [1.165, 1.54) is 77.0 Å². The van der Waals surface area contributed by atoms with Crippen molar-refractivity contribution in [2.45, 2.75) is 129 Å². The second kappa shape index (κ2) is 19.4. The number of nitrogens with zero attached hydrogens (tertiary/aromatic N) is 1. The van der Waals surface area contributed by atoms with Crippen LogP contribution in [-0.4, -0.2) is 55.3 Å². The SMILES string of the molecule is CCCCCCCCCC(C)CCCCCCCCC(=O)OC(CC(=O)O)C[N+](C)(C)C. The van der Waals surface area contributed by atoms with Gasteiger partial charge in [-0.1, -0.05) is 104 Å². The minimum atomic E-state index is -0.923. The Labute approximate surface area is 198 Å². The molecular formula is C27H54NO4+. The summed E-state index contributed by atoms with van der Waals surface area (Å²) in [5, 5.41) is 9.04. The first-order valence-corrected chi connectivity index (χ1v) is 13.4. The van der Waals surface area contributed by atoms with E-state index in [1.54, 1.807) is 0 Å². The van der Waals surface area contributed by atoms with Crippen LogP contribution in [0.15, 0.2) is 0 Å². The molecule has 0 heterocycles. The molecule has 0 aliphatic rings. The molecule has 0 bridgehead atoms. The van der Waals surface area contributed by atoms with Crippen LogP contribution in [0.1, 0.15) is 123 Å². The highest BCUT2D eigenvalue weighted by Crippen LogP contribution is 2.19. The lowest BCUT2D eigenvalue weighted by atomic mass is 9.96. The number of likely N-dealkylation sites (N-methyl/N-ethyl adjacent to an activating group) is 1. The number of carbonyl (C=O) groups is 2. The van der Waals surface area contributed by atoms with E-state index in [-0.39, 0.29) is 12.4 Å². The van der Waals surface area contributed by atoms with Crippen molar-refractivity contribution in [3.63, 3.8) is 0 Å². The van der Waals surface area contributed by atoms with Gasteiger partial charge >= 0.3 is 11.9 Å². The van der Waals surface area contributed by atoms with Gasteiger partial charge in [-0.05, 0) is 12.3 Å². The zero-order chi connectivity index (χ0) is 24.2. The minimum Gasteiger partial charge on any atom is -0.481 e. The van der Waals surface area contributed by atoms with Crippen molar-refractivity contribution in [3.05, 3.63) is 0 Å². The molecule has 2 atom stereocenters. The smallest absolute Gasteiger partial charge is 0.307 e. The van der Waals surface area contributed by atoms with E-state index in [0.717, 1.165) is 25.2 Å². The summed E-state index contributed by atoms with van der Waals surface area (Å²) in [7, 11) is 5.91. The highest BCUT2D eigenvalue weighted by molar-refractivity contribution is 5.71. The predicted octanol–water partition coefficient (Wildman–Crippen LogP) is 6.98. The molecule has 2 unspecified atom stereocenters. The van der Waals surface area contributed by atoms with Gasteiger partial charge in [0.1, 0.15) is 6.54 Å². The van der Waals surface area contributed by atoms with Crippen LogP contribution in [0.3, 0.4) is 0 Å². The summed E-state index contributed by atoms with van der Waals surface area (Å²) < 4.78 is 6.01. The largest absolute Gasteiger partial charge is 0.481 e. The minimum absolute atomic E-state index is 0.126. The highest BCUT2D eigenvalue weighted by atomic mass is 16.5. The predicted molar refractivity (Wildman–Crippen MR) is 134 cm³/mol. The topological polar surface area (TPSA) is 63.6 Å². The van der Waals surface area contributed by atoms with Crippen molar-refractivity contribution in [1.29, 1.82) is 0 Å². The highest BCUT2D eigenvalue weighted by Gasteiger charge is 2.24. The van der Waals surface area contributed by atoms with Crippen LogP contribution in [0.5, 0.6) is 0 Å². The Kier molecular flexibility index (Phi) is 18.7. The third-order valence-corrected chi connectivity index (χ3v) is 6.08. The van der Waals surface area contributed by atoms with Crippen LogP contribution in [0, 0.1) is 5.92 Å². The second-order valence-corrected chi connectivity index (χ2v) is 10.9. The van der Waals surface area contributed by atoms with Crippen molar-refractivity contribution in [2.24, 2.45) is 5.92 Å². The molecule has 0 aromatic carbocycles. The molecule has 190 valence electrons. The normalized spacial score (nSPS) is 13.7. The molecule has 0 aromatic rings. The Morgan fingerprint density at radius 2 is 1.25 bits per heavy atom. The van der Waals surface area contributed by atoms with E-state index in [1.807, 2.05) is 21.1 Å². The number of carbonyl (C=O) groups excluding carboxylic acids is 1. The van der Waals surface area contributed by atoms with Gasteiger partial charge in [0.05, 0.1) is 27.6 Å². The van der Waals surface area contributed by atoms with Gasteiger partial charge in [-0.25, -0.2) is 0 Å². The number of carboxylic acids is 1. The first kappa shape index (κ1) is 30.9. The van der Waals surface area contributed by atoms with Crippen molar-refractivity contribution in [2.75, 3.05) is 27.7 Å². The summed E-state index contributed by atoms with van der Waals surface area (Å²) in [4.78, 5) is 23.1. The second-order valence-electron chi connectivity index (χ2n) is 10.9. The van der Waals surface area contributed by atoms with Gasteiger partial charge in [-0.2, -0.15) is 0 Å². The maximum atomic E-state index is 12.1. The summed E-state index contributed by atoms with van der Waals surface area (Å²) in [6.07, 6.45) is 19.1. The summed E-state index contributed by atoms with van der Waals surface area (Å²) in [6.45, 7) is 5.18. The molecular weight excluding hydrogens is 402 g/mol. The van der Waals surface area contributed by atoms with Gasteiger partial charge in [0.2, 0.25) is 0 Å². The van der Waals surface area contributed by atoms with E-state index in [0.29, 0.717) is 17.4 Å². The van der Waals surface area contributed by atoms with E-state index >= 15 is 0 Å². The molecule has 0 rings (SSSR count). The lowest BCUT2D eigenvalue weighted by Gasteiger charge is -2.28. The van der Waals surface area contributed by atoms with Gasteiger partial charge in [0.15, 0.2) is 6.10 Å². The summed E-state index contributed by atoms with van der Waals surface area (Å²) in [5.74, 6) is -0.331. The lowest BCUT2D eigenvalue weighted by molar-refractivity contribution is -0.873. The van der Waals surface area contributed by atoms with Gasteiger partial charge in [0, 0.05) is 6.42 Å². The molecule has 32 heavy (non-hydrogen) atoms. The maximum absolute atomic E-state index is 12.1. The number of quaternary nitrogens is 1. The zero-order valence-corrected chi connectivity index (χ0v) is 22.0. The van der Waals surface area contributed by atoms with Crippen LogP contribution in [0.25, 0.3) is 0 Å². The van der Waals surface area contributed by atoms with Crippen LogP contribution < -0.4 is 0 Å². The summed E-state index contributed by atoms with van der Waals surface area (Å²) >= 11 is 0. The fourth-order valence-electron chi connectivity index (χ4n) is 4.26. The molecule has 5 heteroatoms. The lowest BCUT2D eigenvalue weighted by Crippen LogP contribution is -2.43. The molecule has 0 amide bonds. The molecule has 0 fully saturated rings. The monoisotopic (exact) mass is 456 g/mol. The fraction of sp³-hybridized carbons (Fsp3) is 0.926. The Morgan fingerprint density at radius 3 is 1.72 bits per heavy atom. The van der Waals surface area contributed by atoms with Gasteiger partial charge < -0.3 is 14.3 Å². The number of hydrogen-bond donors (Lipinski definition) is 1. The first-order valence-electron chi connectivity index (χ1n) is 13.4. The number of esters is 1. The Bertz CT molecular complexity index is 473. The Morgan fingerprint density at radius 1 is 0.781 bits per heavy atom. The molecule has 0 saturated heterocycles. The van der Waals surface area contributed by atoms with Gasteiger partial charge in [-0.15, -0.1) is 0 Å². The van der Waals surface area contributed by atoms with Crippen LogP contribution >= 0.6 is 0 Å². The van der Waals surface area contributed by atoms with Crippen molar-refractivity contribution in [3.8, 4) is 0 Å². The first-order chi connectivity index (χ1) is 15.1. The van der Waals surface area contributed by atoms with E-state index in [4.69, 9.17) is 9.84 Å². The fourth-order valence-corrected chi connectivity index (χ4v) is 4.26. The van der Waals surface area contributed by atoms with Crippen molar-refractivity contribution < 1.29 is 23.9 Å². The molecule has 5 nitrogen and oxygen atoms in total.